The Bertz CT molecular complexity index is 326. The third-order valence-electron chi connectivity index (χ3n) is 0.936. The Balaban J connectivity index is 2.99. The molecule has 1 aliphatic heterocycles. The molecule has 60 valence electrons. The van der Waals surface area contributed by atoms with Crippen molar-refractivity contribution in [3.63, 3.8) is 0 Å². The quantitative estimate of drug-likeness (QED) is 0.501. The van der Waals surface area contributed by atoms with E-state index in [1.165, 1.54) is 18.5 Å². The molecule has 0 aromatic heterocycles. The van der Waals surface area contributed by atoms with Crippen molar-refractivity contribution in [1.29, 1.82) is 0 Å². The van der Waals surface area contributed by atoms with E-state index in [2.05, 4.69) is 10.3 Å². The summed E-state index contributed by atoms with van der Waals surface area (Å²) in [6.45, 7) is 0. The van der Waals surface area contributed by atoms with Crippen molar-refractivity contribution in [3.8, 4) is 0 Å². The number of nitrogens with one attached hydrogen (secondary N) is 1. The maximum absolute atomic E-state index is 10.4. The van der Waals surface area contributed by atoms with E-state index in [0.717, 1.165) is 0 Å². The number of nitrogens with zero attached hydrogens (tertiary/aromatic N) is 1. The first-order chi connectivity index (χ1) is 5.11. The lowest BCUT2D eigenvalue weighted by Gasteiger charge is -1.97. The molecular weight excluding hydrogens is 168 g/mol. The molecule has 5 nitrogen and oxygen atoms in total. The van der Waals surface area contributed by atoms with Crippen molar-refractivity contribution in [2.75, 3.05) is 0 Å². The second-order valence-electron chi connectivity index (χ2n) is 1.75. The Morgan fingerprint density at radius 2 is 2.18 bits per heavy atom. The van der Waals surface area contributed by atoms with E-state index in [9.17, 15) is 8.42 Å². The first-order valence-corrected chi connectivity index (χ1v) is 4.18. The van der Waals surface area contributed by atoms with Gasteiger partial charge in [0.25, 0.3) is 5.17 Å². The monoisotopic (exact) mass is 174 g/mol. The second kappa shape index (κ2) is 2.85. The van der Waals surface area contributed by atoms with E-state index in [0.29, 0.717) is 0 Å². The molecule has 1 rings (SSSR count). The molecule has 2 N–H and O–H groups in total. The van der Waals surface area contributed by atoms with E-state index >= 15 is 0 Å². The van der Waals surface area contributed by atoms with Gasteiger partial charge in [0.05, 0.1) is 0 Å². The van der Waals surface area contributed by atoms with Crippen molar-refractivity contribution in [2.45, 2.75) is 0 Å². The lowest BCUT2D eigenvalue weighted by molar-refractivity contribution is 0.497. The largest absolute Gasteiger partial charge is 0.335 e. The van der Waals surface area contributed by atoms with Gasteiger partial charge in [0.15, 0.2) is 0 Å². The van der Waals surface area contributed by atoms with Crippen LogP contribution in [0, 0.1) is 0 Å². The molecule has 1 heterocycles. The Hall–Kier alpha value is -1.14. The Labute approximate surface area is 63.9 Å². The molecule has 0 bridgehead atoms. The summed E-state index contributed by atoms with van der Waals surface area (Å²) in [6.07, 6.45) is 5.71. The Morgan fingerprint density at radius 1 is 1.45 bits per heavy atom. The van der Waals surface area contributed by atoms with E-state index in [4.69, 9.17) is 4.55 Å². The van der Waals surface area contributed by atoms with Gasteiger partial charge in [-0.1, -0.05) is 0 Å². The zero-order valence-electron chi connectivity index (χ0n) is 5.43. The van der Waals surface area contributed by atoms with Crippen molar-refractivity contribution < 1.29 is 13.0 Å². The fraction of sp³-hybridized carbons (Fsp3) is 0. The highest BCUT2D eigenvalue weighted by Crippen LogP contribution is 1.92. The van der Waals surface area contributed by atoms with Gasteiger partial charge in [-0.2, -0.15) is 8.42 Å². The predicted octanol–water partition coefficient (Wildman–Crippen LogP) is -0.139. The molecule has 0 aromatic carbocycles. The highest BCUT2D eigenvalue weighted by molar-refractivity contribution is 8.01. The molecule has 0 unspecified atom stereocenters. The van der Waals surface area contributed by atoms with Crippen LogP contribution in [0.15, 0.2) is 29.5 Å². The minimum Gasteiger partial charge on any atom is -0.335 e. The molecule has 0 aliphatic carbocycles. The molecule has 0 saturated carbocycles. The van der Waals surface area contributed by atoms with Crippen molar-refractivity contribution in [3.05, 3.63) is 24.6 Å². The number of hydrogen-bond donors (Lipinski definition) is 2. The van der Waals surface area contributed by atoms with Crippen molar-refractivity contribution in [2.24, 2.45) is 4.99 Å². The summed E-state index contributed by atoms with van der Waals surface area (Å²) < 4.78 is 29.3. The van der Waals surface area contributed by atoms with Crippen LogP contribution in [0.2, 0.25) is 0 Å². The fourth-order valence-corrected chi connectivity index (χ4v) is 0.925. The van der Waals surface area contributed by atoms with Crippen LogP contribution in [0.5, 0.6) is 0 Å². The third kappa shape index (κ3) is 2.17. The Kier molecular flexibility index (Phi) is 2.06. The standard InChI is InChI=1S/C5H6N2O3S/c8-11(9,10)5-6-3-1-2-4-7-5/h1-4H,(H,6,7)(H,8,9,10). The zero-order chi connectivity index (χ0) is 8.32. The molecule has 6 heteroatoms. The average molecular weight is 174 g/mol. The summed E-state index contributed by atoms with van der Waals surface area (Å²) >= 11 is 0. The summed E-state index contributed by atoms with van der Waals surface area (Å²) in [4.78, 5) is 3.42. The van der Waals surface area contributed by atoms with Gasteiger partial charge in [0.1, 0.15) is 0 Å². The SMILES string of the molecule is O=S(=O)(O)C1=NC=CC=CN1. The maximum atomic E-state index is 10.4. The molecule has 0 saturated heterocycles. The Morgan fingerprint density at radius 3 is 2.82 bits per heavy atom. The number of amidine groups is 1. The maximum Gasteiger partial charge on any atom is 0.328 e. The molecule has 0 atom stereocenters. The van der Waals surface area contributed by atoms with Crippen LogP contribution in [0.4, 0.5) is 0 Å². The number of allylic oxidation sites excluding steroid dienone is 2. The molecule has 0 aromatic rings. The van der Waals surface area contributed by atoms with Crippen LogP contribution in [0.25, 0.3) is 0 Å². The van der Waals surface area contributed by atoms with Crippen molar-refractivity contribution in [1.82, 2.24) is 5.32 Å². The van der Waals surface area contributed by atoms with Crippen LogP contribution < -0.4 is 5.32 Å². The highest BCUT2D eigenvalue weighted by Gasteiger charge is 2.13. The molecule has 11 heavy (non-hydrogen) atoms. The highest BCUT2D eigenvalue weighted by atomic mass is 32.2. The van der Waals surface area contributed by atoms with Gasteiger partial charge in [-0.3, -0.25) is 4.55 Å². The normalized spacial score (nSPS) is 17.0. The van der Waals surface area contributed by atoms with Gasteiger partial charge < -0.3 is 5.32 Å². The second-order valence-corrected chi connectivity index (χ2v) is 3.09. The molecule has 0 spiro atoms. The smallest absolute Gasteiger partial charge is 0.328 e. The van der Waals surface area contributed by atoms with Crippen LogP contribution in [-0.2, 0) is 10.1 Å². The predicted molar refractivity (Wildman–Crippen MR) is 40.4 cm³/mol. The van der Waals surface area contributed by atoms with Gasteiger partial charge in [0.2, 0.25) is 0 Å². The summed E-state index contributed by atoms with van der Waals surface area (Å²) in [5.74, 6) is 0. The molecule has 0 amide bonds. The number of hydrogen-bond acceptors (Lipinski definition) is 4. The van der Waals surface area contributed by atoms with E-state index < -0.39 is 15.3 Å². The van der Waals surface area contributed by atoms with E-state index in [1.807, 2.05) is 0 Å². The summed E-state index contributed by atoms with van der Waals surface area (Å²) in [5, 5.41) is 1.82. The summed E-state index contributed by atoms with van der Waals surface area (Å²) in [7, 11) is -4.21. The van der Waals surface area contributed by atoms with Crippen LogP contribution in [0.3, 0.4) is 0 Å². The first-order valence-electron chi connectivity index (χ1n) is 2.74. The van der Waals surface area contributed by atoms with Crippen LogP contribution >= 0.6 is 0 Å². The minimum absolute atomic E-state index is 0.470. The topological polar surface area (TPSA) is 78.8 Å². The molecule has 1 aliphatic rings. The van der Waals surface area contributed by atoms with E-state index in [-0.39, 0.29) is 0 Å². The van der Waals surface area contributed by atoms with Crippen molar-refractivity contribution >= 4 is 15.3 Å². The molecular formula is C5H6N2O3S. The minimum atomic E-state index is -4.21. The summed E-state index contributed by atoms with van der Waals surface area (Å²) in [6, 6.07) is 0. The lowest BCUT2D eigenvalue weighted by Crippen LogP contribution is -2.26. The number of rotatable bonds is 0. The average Bonchev–Trinajstić information content (AvgIpc) is 2.10. The van der Waals surface area contributed by atoms with Gasteiger partial charge >= 0.3 is 10.1 Å². The molecule has 0 radical (unpaired) electrons. The van der Waals surface area contributed by atoms with Crippen LogP contribution in [0.1, 0.15) is 0 Å². The fourth-order valence-electron chi connectivity index (χ4n) is 0.514. The summed E-state index contributed by atoms with van der Waals surface area (Å²) in [5.41, 5.74) is 0. The first kappa shape index (κ1) is 7.96. The lowest BCUT2D eigenvalue weighted by atomic mass is 10.6. The third-order valence-corrected chi connectivity index (χ3v) is 1.65. The van der Waals surface area contributed by atoms with Gasteiger partial charge in [0, 0.05) is 12.4 Å². The van der Waals surface area contributed by atoms with Gasteiger partial charge in [-0.15, -0.1) is 0 Å². The molecule has 0 fully saturated rings. The number of aliphatic imine (C=N–C) groups is 1. The van der Waals surface area contributed by atoms with Crippen LogP contribution in [-0.4, -0.2) is 18.1 Å². The van der Waals surface area contributed by atoms with E-state index in [1.54, 1.807) is 6.08 Å². The zero-order valence-corrected chi connectivity index (χ0v) is 6.25. The van der Waals surface area contributed by atoms with Gasteiger partial charge in [-0.05, 0) is 12.2 Å². The van der Waals surface area contributed by atoms with Gasteiger partial charge in [-0.25, -0.2) is 4.99 Å².